The van der Waals surface area contributed by atoms with Crippen LogP contribution >= 0.6 is 0 Å². The Hall–Kier alpha value is -1.91. The molecule has 0 atom stereocenters. The number of carbonyl (C=O) groups excluding carboxylic acids is 1. The highest BCUT2D eigenvalue weighted by Gasteiger charge is 2.30. The van der Waals surface area contributed by atoms with Gasteiger partial charge in [-0.25, -0.2) is 0 Å². The van der Waals surface area contributed by atoms with Gasteiger partial charge in [0.05, 0.1) is 4.92 Å². The van der Waals surface area contributed by atoms with E-state index in [1.54, 1.807) is 18.2 Å². The number of hydrogen-bond acceptors (Lipinski definition) is 3. The summed E-state index contributed by atoms with van der Waals surface area (Å²) in [6.45, 7) is 5.43. The molecule has 0 aliphatic rings. The standard InChI is InChI=1S/C14H20N2O3/c1-4-14(5-2,15-11(3)17)10-12-8-6-7-9-13(12)16(18)19/h6-9H,4-5,10H2,1-3H3,(H,15,17). The summed E-state index contributed by atoms with van der Waals surface area (Å²) in [5, 5.41) is 14.0. The van der Waals surface area contributed by atoms with Gasteiger partial charge in [-0.15, -0.1) is 0 Å². The van der Waals surface area contributed by atoms with Crippen LogP contribution in [0, 0.1) is 10.1 Å². The molecule has 0 heterocycles. The van der Waals surface area contributed by atoms with Crippen molar-refractivity contribution >= 4 is 11.6 Å². The van der Waals surface area contributed by atoms with Gasteiger partial charge >= 0.3 is 0 Å². The number of nitro benzene ring substituents is 1. The highest BCUT2D eigenvalue weighted by Crippen LogP contribution is 2.27. The second-order valence-corrected chi connectivity index (χ2v) is 4.73. The number of nitrogens with one attached hydrogen (secondary N) is 1. The van der Waals surface area contributed by atoms with Crippen LogP contribution in [-0.4, -0.2) is 16.4 Å². The van der Waals surface area contributed by atoms with E-state index in [0.29, 0.717) is 12.0 Å². The molecule has 1 amide bonds. The molecule has 0 saturated heterocycles. The SMILES string of the molecule is CCC(CC)(Cc1ccccc1[N+](=O)[O-])NC(C)=O. The average Bonchev–Trinajstić information content (AvgIpc) is 2.37. The predicted molar refractivity (Wildman–Crippen MR) is 73.9 cm³/mol. The Bertz CT molecular complexity index is 468. The van der Waals surface area contributed by atoms with Crippen molar-refractivity contribution in [2.75, 3.05) is 0 Å². The lowest BCUT2D eigenvalue weighted by atomic mass is 9.85. The van der Waals surface area contributed by atoms with Gasteiger partial charge in [0.15, 0.2) is 0 Å². The van der Waals surface area contributed by atoms with Gasteiger partial charge in [0.25, 0.3) is 5.69 Å². The molecule has 1 aromatic rings. The van der Waals surface area contributed by atoms with Crippen LogP contribution in [0.25, 0.3) is 0 Å². The van der Waals surface area contributed by atoms with E-state index < -0.39 is 5.54 Å². The summed E-state index contributed by atoms with van der Waals surface area (Å²) in [5.41, 5.74) is 0.349. The van der Waals surface area contributed by atoms with Crippen molar-refractivity contribution in [1.82, 2.24) is 5.32 Å². The molecule has 104 valence electrons. The monoisotopic (exact) mass is 264 g/mol. The van der Waals surface area contributed by atoms with Crippen LogP contribution in [0.15, 0.2) is 24.3 Å². The lowest BCUT2D eigenvalue weighted by Crippen LogP contribution is -2.48. The molecule has 19 heavy (non-hydrogen) atoms. The maximum Gasteiger partial charge on any atom is 0.272 e. The first-order valence-corrected chi connectivity index (χ1v) is 6.45. The van der Waals surface area contributed by atoms with Crippen molar-refractivity contribution in [2.24, 2.45) is 0 Å². The van der Waals surface area contributed by atoms with E-state index in [-0.39, 0.29) is 16.5 Å². The van der Waals surface area contributed by atoms with Crippen molar-refractivity contribution in [3.8, 4) is 0 Å². The average molecular weight is 264 g/mol. The highest BCUT2D eigenvalue weighted by atomic mass is 16.6. The van der Waals surface area contributed by atoms with Gasteiger partial charge in [0.2, 0.25) is 5.91 Å². The molecule has 5 heteroatoms. The summed E-state index contributed by atoms with van der Waals surface area (Å²) in [5.74, 6) is -0.109. The molecular weight excluding hydrogens is 244 g/mol. The van der Waals surface area contributed by atoms with Crippen molar-refractivity contribution < 1.29 is 9.72 Å². The Morgan fingerprint density at radius 1 is 1.32 bits per heavy atom. The summed E-state index contributed by atoms with van der Waals surface area (Å²) in [6, 6.07) is 6.69. The molecule has 0 bridgehead atoms. The van der Waals surface area contributed by atoms with Gasteiger partial charge in [-0.3, -0.25) is 14.9 Å². The normalized spacial score (nSPS) is 11.1. The summed E-state index contributed by atoms with van der Waals surface area (Å²) in [6.07, 6.45) is 1.93. The Kier molecular flexibility index (Phi) is 5.03. The van der Waals surface area contributed by atoms with Crippen LogP contribution in [0.2, 0.25) is 0 Å². The van der Waals surface area contributed by atoms with E-state index in [1.165, 1.54) is 13.0 Å². The van der Waals surface area contributed by atoms with Gasteiger partial charge in [-0.1, -0.05) is 32.0 Å². The van der Waals surface area contributed by atoms with Crippen LogP contribution in [-0.2, 0) is 11.2 Å². The molecule has 0 aromatic heterocycles. The van der Waals surface area contributed by atoms with Crippen LogP contribution in [0.4, 0.5) is 5.69 Å². The largest absolute Gasteiger partial charge is 0.351 e. The number of para-hydroxylation sites is 1. The van der Waals surface area contributed by atoms with E-state index in [1.807, 2.05) is 13.8 Å². The lowest BCUT2D eigenvalue weighted by molar-refractivity contribution is -0.385. The van der Waals surface area contributed by atoms with Crippen molar-refractivity contribution in [1.29, 1.82) is 0 Å². The molecule has 0 unspecified atom stereocenters. The molecule has 1 N–H and O–H groups in total. The zero-order valence-electron chi connectivity index (χ0n) is 11.6. The molecule has 0 saturated carbocycles. The van der Waals surface area contributed by atoms with Crippen molar-refractivity contribution in [3.05, 3.63) is 39.9 Å². The zero-order valence-corrected chi connectivity index (χ0v) is 11.6. The molecule has 0 radical (unpaired) electrons. The van der Waals surface area contributed by atoms with Gasteiger partial charge in [0, 0.05) is 30.5 Å². The molecule has 0 aliphatic carbocycles. The molecule has 5 nitrogen and oxygen atoms in total. The minimum Gasteiger partial charge on any atom is -0.351 e. The predicted octanol–water partition coefficient (Wildman–Crippen LogP) is 2.83. The molecule has 0 spiro atoms. The zero-order chi connectivity index (χ0) is 14.5. The van der Waals surface area contributed by atoms with Gasteiger partial charge in [0.1, 0.15) is 0 Å². The minimum atomic E-state index is -0.419. The van der Waals surface area contributed by atoms with E-state index in [2.05, 4.69) is 5.32 Å². The highest BCUT2D eigenvalue weighted by molar-refractivity contribution is 5.74. The third-order valence-corrected chi connectivity index (χ3v) is 3.51. The Balaban J connectivity index is 3.09. The second-order valence-electron chi connectivity index (χ2n) is 4.73. The minimum absolute atomic E-state index is 0.109. The maximum atomic E-state index is 11.3. The molecule has 1 aromatic carbocycles. The summed E-state index contributed by atoms with van der Waals surface area (Å²) in [7, 11) is 0. The molecular formula is C14H20N2O3. The number of carbonyl (C=O) groups is 1. The van der Waals surface area contributed by atoms with E-state index in [9.17, 15) is 14.9 Å². The first-order chi connectivity index (χ1) is 8.94. The smallest absolute Gasteiger partial charge is 0.272 e. The van der Waals surface area contributed by atoms with E-state index >= 15 is 0 Å². The quantitative estimate of drug-likeness (QED) is 0.634. The van der Waals surface area contributed by atoms with Crippen LogP contribution in [0.1, 0.15) is 39.2 Å². The van der Waals surface area contributed by atoms with Crippen molar-refractivity contribution in [2.45, 2.75) is 45.6 Å². The van der Waals surface area contributed by atoms with Gasteiger partial charge in [-0.2, -0.15) is 0 Å². The fraction of sp³-hybridized carbons (Fsp3) is 0.500. The fourth-order valence-corrected chi connectivity index (χ4v) is 2.30. The first kappa shape index (κ1) is 15.1. The Morgan fingerprint density at radius 2 is 1.89 bits per heavy atom. The topological polar surface area (TPSA) is 72.2 Å². The second kappa shape index (κ2) is 6.31. The number of rotatable bonds is 6. The summed E-state index contributed by atoms with van der Waals surface area (Å²) < 4.78 is 0. The Labute approximate surface area is 113 Å². The molecule has 1 rings (SSSR count). The van der Waals surface area contributed by atoms with E-state index in [0.717, 1.165) is 12.8 Å². The first-order valence-electron chi connectivity index (χ1n) is 6.45. The number of nitrogens with zero attached hydrogens (tertiary/aromatic N) is 1. The van der Waals surface area contributed by atoms with Gasteiger partial charge < -0.3 is 5.32 Å². The van der Waals surface area contributed by atoms with Crippen LogP contribution in [0.3, 0.4) is 0 Å². The molecule has 0 fully saturated rings. The van der Waals surface area contributed by atoms with Crippen LogP contribution < -0.4 is 5.32 Å². The summed E-state index contributed by atoms with van der Waals surface area (Å²) >= 11 is 0. The number of benzene rings is 1. The van der Waals surface area contributed by atoms with Crippen molar-refractivity contribution in [3.63, 3.8) is 0 Å². The fourth-order valence-electron chi connectivity index (χ4n) is 2.30. The lowest BCUT2D eigenvalue weighted by Gasteiger charge is -2.32. The molecule has 0 aliphatic heterocycles. The van der Waals surface area contributed by atoms with E-state index in [4.69, 9.17) is 0 Å². The number of nitro groups is 1. The summed E-state index contributed by atoms with van der Waals surface area (Å²) in [4.78, 5) is 22.0. The van der Waals surface area contributed by atoms with Gasteiger partial charge in [-0.05, 0) is 12.8 Å². The maximum absolute atomic E-state index is 11.3. The van der Waals surface area contributed by atoms with Crippen LogP contribution in [0.5, 0.6) is 0 Å². The third kappa shape index (κ3) is 3.77. The number of amides is 1. The number of hydrogen-bond donors (Lipinski definition) is 1. The third-order valence-electron chi connectivity index (χ3n) is 3.51. The Morgan fingerprint density at radius 3 is 2.37 bits per heavy atom.